The number of allylic oxidation sites excluding steroid dienone is 1. The number of hydrogen-bond acceptors (Lipinski definition) is 9. The second-order valence-corrected chi connectivity index (χ2v) is 11.8. The number of aromatic hydroxyl groups is 1. The number of thioether (sulfide) groups is 1. The van der Waals surface area contributed by atoms with Crippen LogP contribution >= 0.6 is 39.0 Å². The third kappa shape index (κ3) is 5.90. The summed E-state index contributed by atoms with van der Waals surface area (Å²) < 4.78 is 20.1. The van der Waals surface area contributed by atoms with Crippen molar-refractivity contribution in [1.29, 1.82) is 0 Å². The van der Waals surface area contributed by atoms with Gasteiger partial charge in [-0.15, -0.1) is 10.2 Å². The Morgan fingerprint density at radius 3 is 2.61 bits per heavy atom. The van der Waals surface area contributed by atoms with E-state index in [9.17, 15) is 24.2 Å². The molecule has 3 aromatic carbocycles. The summed E-state index contributed by atoms with van der Waals surface area (Å²) in [6, 6.07) is 17.4. The summed E-state index contributed by atoms with van der Waals surface area (Å²) in [6.45, 7) is 0. The third-order valence-corrected chi connectivity index (χ3v) is 8.91. The van der Waals surface area contributed by atoms with E-state index in [1.165, 1.54) is 48.0 Å². The van der Waals surface area contributed by atoms with E-state index in [0.29, 0.717) is 15.5 Å². The molecule has 1 aromatic heterocycles. The minimum Gasteiger partial charge on any atom is -0.503 e. The van der Waals surface area contributed by atoms with Gasteiger partial charge in [-0.3, -0.25) is 14.5 Å². The number of ketones is 1. The van der Waals surface area contributed by atoms with Crippen LogP contribution < -0.4 is 9.64 Å². The van der Waals surface area contributed by atoms with Gasteiger partial charge in [0, 0.05) is 5.75 Å². The number of carbonyl (C=O) groups excluding carboxylic acids is 2. The average molecular weight is 655 g/mol. The van der Waals surface area contributed by atoms with Crippen molar-refractivity contribution in [2.24, 2.45) is 0 Å². The fraction of sp³-hybridized carbons (Fsp3) is 0.103. The van der Waals surface area contributed by atoms with Crippen LogP contribution in [0, 0.1) is 5.82 Å². The molecule has 2 N–H and O–H groups in total. The monoisotopic (exact) mass is 653 g/mol. The number of aliphatic hydroxyl groups excluding tert-OH is 1. The number of phenols is 1. The van der Waals surface area contributed by atoms with Crippen LogP contribution in [0.1, 0.15) is 22.7 Å². The molecular weight excluding hydrogens is 633 g/mol. The van der Waals surface area contributed by atoms with E-state index in [2.05, 4.69) is 26.1 Å². The van der Waals surface area contributed by atoms with Gasteiger partial charge >= 0.3 is 0 Å². The summed E-state index contributed by atoms with van der Waals surface area (Å²) in [4.78, 5) is 28.1. The highest BCUT2D eigenvalue weighted by molar-refractivity contribution is 9.10. The van der Waals surface area contributed by atoms with Crippen molar-refractivity contribution in [3.05, 3.63) is 111 Å². The number of hydrogen-bond donors (Lipinski definition) is 2. The number of carbonyl (C=O) groups is 2. The second-order valence-electron chi connectivity index (χ2n) is 8.73. The van der Waals surface area contributed by atoms with Crippen LogP contribution in [0.4, 0.5) is 9.52 Å². The molecule has 0 bridgehead atoms. The summed E-state index contributed by atoms with van der Waals surface area (Å²) in [6.07, 6.45) is 2.87. The highest BCUT2D eigenvalue weighted by Crippen LogP contribution is 2.46. The minimum atomic E-state index is -1.11. The topological polar surface area (TPSA) is 113 Å². The first-order chi connectivity index (χ1) is 19.8. The third-order valence-electron chi connectivity index (χ3n) is 6.20. The Kier molecular flexibility index (Phi) is 8.52. The number of methoxy groups -OCH3 is 1. The average Bonchev–Trinajstić information content (AvgIpc) is 3.55. The van der Waals surface area contributed by atoms with Crippen molar-refractivity contribution in [1.82, 2.24) is 10.2 Å². The quantitative estimate of drug-likeness (QED) is 0.118. The molecule has 0 fully saturated rings. The lowest BCUT2D eigenvalue weighted by Gasteiger charge is -2.24. The van der Waals surface area contributed by atoms with E-state index in [4.69, 9.17) is 4.74 Å². The molecule has 0 saturated heterocycles. The van der Waals surface area contributed by atoms with E-state index < -0.39 is 23.5 Å². The first-order valence-electron chi connectivity index (χ1n) is 12.1. The number of ether oxygens (including phenoxy) is 1. The molecule has 1 atom stereocenters. The summed E-state index contributed by atoms with van der Waals surface area (Å²) >= 11 is 5.60. The van der Waals surface area contributed by atoms with Crippen LogP contribution in [0.25, 0.3) is 6.08 Å². The smallest absolute Gasteiger partial charge is 0.296 e. The minimum absolute atomic E-state index is 0.0955. The Hall–Kier alpha value is -4.00. The molecule has 1 unspecified atom stereocenters. The number of nitrogens with zero attached hydrogens (tertiary/aromatic N) is 3. The Morgan fingerprint density at radius 1 is 1.15 bits per heavy atom. The van der Waals surface area contributed by atoms with Crippen molar-refractivity contribution in [3.63, 3.8) is 0 Å². The number of anilines is 1. The van der Waals surface area contributed by atoms with Gasteiger partial charge in [0.2, 0.25) is 5.13 Å². The summed E-state index contributed by atoms with van der Waals surface area (Å²) in [7, 11) is 1.37. The zero-order valence-electron chi connectivity index (χ0n) is 21.3. The first-order valence-corrected chi connectivity index (χ1v) is 14.7. The van der Waals surface area contributed by atoms with Crippen LogP contribution in [-0.2, 0) is 15.3 Å². The van der Waals surface area contributed by atoms with Crippen LogP contribution in [-0.4, -0.2) is 39.2 Å². The second kappa shape index (κ2) is 12.2. The normalized spacial score (nSPS) is 15.2. The molecule has 5 rings (SSSR count). The van der Waals surface area contributed by atoms with Crippen LogP contribution in [0.2, 0.25) is 0 Å². The SMILES string of the molecule is COc1cc(C2C(C(=O)/C=C/c3ccccc3)=C(O)C(=O)N2c2nnc(SCc3ccccc3F)s2)cc(Br)c1O. The lowest BCUT2D eigenvalue weighted by atomic mass is 9.95. The van der Waals surface area contributed by atoms with Crippen molar-refractivity contribution in [2.45, 2.75) is 16.1 Å². The number of aliphatic hydroxyl groups is 1. The molecule has 1 aliphatic heterocycles. The fourth-order valence-corrected chi connectivity index (χ4v) is 6.53. The maximum atomic E-state index is 14.1. The van der Waals surface area contributed by atoms with Gasteiger partial charge in [-0.25, -0.2) is 4.39 Å². The van der Waals surface area contributed by atoms with E-state index in [1.54, 1.807) is 24.3 Å². The number of aromatic nitrogens is 2. The maximum absolute atomic E-state index is 14.1. The molecular formula is C29H21BrFN3O5S2. The molecule has 41 heavy (non-hydrogen) atoms. The van der Waals surface area contributed by atoms with Gasteiger partial charge in [0.05, 0.1) is 23.2 Å². The van der Waals surface area contributed by atoms with E-state index in [1.807, 2.05) is 30.3 Å². The zero-order chi connectivity index (χ0) is 29.1. The molecule has 208 valence electrons. The van der Waals surface area contributed by atoms with Gasteiger partial charge in [-0.1, -0.05) is 77.7 Å². The fourth-order valence-electron chi connectivity index (χ4n) is 4.22. The molecule has 0 aliphatic carbocycles. The molecule has 0 spiro atoms. The molecule has 8 nitrogen and oxygen atoms in total. The summed E-state index contributed by atoms with van der Waals surface area (Å²) in [5.41, 5.74) is 1.45. The predicted molar refractivity (Wildman–Crippen MR) is 159 cm³/mol. The molecule has 1 aliphatic rings. The van der Waals surface area contributed by atoms with E-state index in [0.717, 1.165) is 16.9 Å². The lowest BCUT2D eigenvalue weighted by Crippen LogP contribution is -2.31. The molecule has 0 radical (unpaired) electrons. The molecule has 12 heteroatoms. The highest BCUT2D eigenvalue weighted by atomic mass is 79.9. The summed E-state index contributed by atoms with van der Waals surface area (Å²) in [5, 5.41) is 29.8. The number of benzene rings is 3. The maximum Gasteiger partial charge on any atom is 0.296 e. The van der Waals surface area contributed by atoms with Crippen LogP contribution in [0.5, 0.6) is 11.5 Å². The lowest BCUT2D eigenvalue weighted by molar-refractivity contribution is -0.117. The van der Waals surface area contributed by atoms with Gasteiger partial charge in [0.1, 0.15) is 5.82 Å². The number of phenolic OH excluding ortho intramolecular Hbond substituents is 1. The van der Waals surface area contributed by atoms with Crippen molar-refractivity contribution in [3.8, 4) is 11.5 Å². The van der Waals surface area contributed by atoms with E-state index >= 15 is 0 Å². The number of rotatable bonds is 9. The molecule has 1 amide bonds. The summed E-state index contributed by atoms with van der Waals surface area (Å²) in [5.74, 6) is -2.27. The Bertz CT molecular complexity index is 1690. The van der Waals surface area contributed by atoms with Crippen molar-refractivity contribution < 1.29 is 28.9 Å². The Morgan fingerprint density at radius 2 is 1.88 bits per heavy atom. The Labute approximate surface area is 250 Å². The number of amides is 1. The highest BCUT2D eigenvalue weighted by Gasteiger charge is 2.45. The molecule has 2 heterocycles. The van der Waals surface area contributed by atoms with Crippen LogP contribution in [0.3, 0.4) is 0 Å². The first kappa shape index (κ1) is 28.5. The Balaban J connectivity index is 1.52. The predicted octanol–water partition coefficient (Wildman–Crippen LogP) is 6.63. The number of halogens is 2. The molecule has 0 saturated carbocycles. The standard InChI is InChI=1S/C29H21BrFN3O5S2/c1-39-22-14-18(13-19(30)25(22)36)24-23(21(35)12-11-16-7-3-2-4-8-16)26(37)27(38)34(24)28-32-33-29(41-28)40-15-17-9-5-6-10-20(17)31/h2-14,24,36-37H,15H2,1H3/b12-11+. The van der Waals surface area contributed by atoms with Gasteiger partial charge in [0.25, 0.3) is 5.91 Å². The van der Waals surface area contributed by atoms with E-state index in [-0.39, 0.29) is 38.2 Å². The molecule has 4 aromatic rings. The van der Waals surface area contributed by atoms with Gasteiger partial charge < -0.3 is 14.9 Å². The van der Waals surface area contributed by atoms with Crippen molar-refractivity contribution in [2.75, 3.05) is 12.0 Å². The van der Waals surface area contributed by atoms with Gasteiger partial charge in [-0.2, -0.15) is 0 Å². The zero-order valence-corrected chi connectivity index (χ0v) is 24.5. The van der Waals surface area contributed by atoms with Crippen LogP contribution in [0.15, 0.2) is 93.0 Å². The van der Waals surface area contributed by atoms with Gasteiger partial charge in [-0.05, 0) is 56.9 Å². The largest absolute Gasteiger partial charge is 0.503 e. The van der Waals surface area contributed by atoms with Gasteiger partial charge in [0.15, 0.2) is 27.4 Å². The van der Waals surface area contributed by atoms with Crippen molar-refractivity contribution >= 4 is 61.9 Å².